The Morgan fingerprint density at radius 2 is 1.67 bits per heavy atom. The first kappa shape index (κ1) is 12.0. The SMILES string of the molecule is O=[C]OC(c1ccccc1)c1ccccc1C=O. The van der Waals surface area contributed by atoms with E-state index >= 15 is 0 Å². The van der Waals surface area contributed by atoms with Gasteiger partial charge in [-0.2, -0.15) is 0 Å². The van der Waals surface area contributed by atoms with Crippen molar-refractivity contribution in [2.75, 3.05) is 0 Å². The van der Waals surface area contributed by atoms with E-state index in [-0.39, 0.29) is 0 Å². The summed E-state index contributed by atoms with van der Waals surface area (Å²) in [6.45, 7) is 1.45. The molecule has 0 saturated heterocycles. The van der Waals surface area contributed by atoms with Crippen molar-refractivity contribution in [1.29, 1.82) is 0 Å². The van der Waals surface area contributed by atoms with Crippen LogP contribution in [0.1, 0.15) is 27.6 Å². The van der Waals surface area contributed by atoms with Crippen molar-refractivity contribution in [3.8, 4) is 0 Å². The maximum absolute atomic E-state index is 11.0. The highest BCUT2D eigenvalue weighted by Crippen LogP contribution is 2.27. The second-order valence-corrected chi connectivity index (χ2v) is 3.74. The fourth-order valence-electron chi connectivity index (χ4n) is 1.84. The Kier molecular flexibility index (Phi) is 3.86. The highest BCUT2D eigenvalue weighted by atomic mass is 16.5. The summed E-state index contributed by atoms with van der Waals surface area (Å²) in [6.07, 6.45) is 0.143. The molecule has 0 amide bonds. The van der Waals surface area contributed by atoms with Crippen molar-refractivity contribution in [2.45, 2.75) is 6.10 Å². The van der Waals surface area contributed by atoms with E-state index in [9.17, 15) is 9.59 Å². The van der Waals surface area contributed by atoms with Crippen LogP contribution in [0.4, 0.5) is 0 Å². The molecule has 0 spiro atoms. The molecule has 1 unspecified atom stereocenters. The van der Waals surface area contributed by atoms with E-state index in [0.717, 1.165) is 11.8 Å². The second kappa shape index (κ2) is 5.77. The maximum Gasteiger partial charge on any atom is 0.418 e. The Morgan fingerprint density at radius 1 is 1.00 bits per heavy atom. The zero-order chi connectivity index (χ0) is 12.8. The molecule has 0 fully saturated rings. The van der Waals surface area contributed by atoms with Crippen LogP contribution < -0.4 is 0 Å². The van der Waals surface area contributed by atoms with E-state index in [1.807, 2.05) is 30.3 Å². The minimum atomic E-state index is -0.606. The van der Waals surface area contributed by atoms with Crippen LogP contribution in [0.5, 0.6) is 0 Å². The average molecular weight is 239 g/mol. The molecule has 0 aliphatic rings. The summed E-state index contributed by atoms with van der Waals surface area (Å²) in [6, 6.07) is 16.3. The van der Waals surface area contributed by atoms with Crippen LogP contribution in [0, 0.1) is 0 Å². The van der Waals surface area contributed by atoms with Gasteiger partial charge in [0, 0.05) is 11.1 Å². The summed E-state index contributed by atoms with van der Waals surface area (Å²) in [4.78, 5) is 21.5. The summed E-state index contributed by atoms with van der Waals surface area (Å²) < 4.78 is 4.99. The summed E-state index contributed by atoms with van der Waals surface area (Å²) in [5, 5.41) is 0. The first-order valence-electron chi connectivity index (χ1n) is 5.48. The third-order valence-electron chi connectivity index (χ3n) is 2.67. The van der Waals surface area contributed by atoms with E-state index in [1.54, 1.807) is 24.3 Å². The van der Waals surface area contributed by atoms with Gasteiger partial charge in [-0.25, -0.2) is 4.79 Å². The van der Waals surface area contributed by atoms with Gasteiger partial charge in [-0.05, 0) is 5.56 Å². The van der Waals surface area contributed by atoms with Crippen LogP contribution in [0.3, 0.4) is 0 Å². The average Bonchev–Trinajstić information content (AvgIpc) is 2.46. The number of carbonyl (C=O) groups excluding carboxylic acids is 2. The lowest BCUT2D eigenvalue weighted by molar-refractivity contribution is 0.111. The van der Waals surface area contributed by atoms with Gasteiger partial charge in [0.15, 0.2) is 6.10 Å². The number of benzene rings is 2. The van der Waals surface area contributed by atoms with E-state index in [2.05, 4.69) is 0 Å². The third kappa shape index (κ3) is 2.46. The van der Waals surface area contributed by atoms with E-state index < -0.39 is 6.10 Å². The molecular weight excluding hydrogens is 228 g/mol. The fraction of sp³-hybridized carbons (Fsp3) is 0.0667. The van der Waals surface area contributed by atoms with Gasteiger partial charge in [0.05, 0.1) is 0 Å². The molecule has 3 heteroatoms. The minimum Gasteiger partial charge on any atom is -0.444 e. The van der Waals surface area contributed by atoms with Gasteiger partial charge in [0.25, 0.3) is 0 Å². The Bertz CT molecular complexity index is 534. The third-order valence-corrected chi connectivity index (χ3v) is 2.67. The molecule has 1 radical (unpaired) electrons. The molecule has 89 valence electrons. The lowest BCUT2D eigenvalue weighted by Gasteiger charge is -2.16. The molecule has 0 saturated carbocycles. The largest absolute Gasteiger partial charge is 0.444 e. The van der Waals surface area contributed by atoms with Crippen molar-refractivity contribution < 1.29 is 14.3 Å². The first-order chi connectivity index (χ1) is 8.86. The molecule has 1 atom stereocenters. The second-order valence-electron chi connectivity index (χ2n) is 3.74. The van der Waals surface area contributed by atoms with Crippen LogP contribution in [0.15, 0.2) is 54.6 Å². The van der Waals surface area contributed by atoms with Crippen LogP contribution in [0.2, 0.25) is 0 Å². The number of rotatable bonds is 5. The van der Waals surface area contributed by atoms with Gasteiger partial charge < -0.3 is 4.74 Å². The van der Waals surface area contributed by atoms with E-state index in [1.165, 1.54) is 6.47 Å². The highest BCUT2D eigenvalue weighted by molar-refractivity contribution is 5.77. The molecule has 0 aliphatic carbocycles. The van der Waals surface area contributed by atoms with Crippen molar-refractivity contribution in [3.05, 3.63) is 71.3 Å². The summed E-state index contributed by atoms with van der Waals surface area (Å²) >= 11 is 0. The van der Waals surface area contributed by atoms with Crippen molar-refractivity contribution in [2.24, 2.45) is 0 Å². The topological polar surface area (TPSA) is 43.4 Å². The van der Waals surface area contributed by atoms with Gasteiger partial charge >= 0.3 is 6.47 Å². The van der Waals surface area contributed by atoms with Crippen LogP contribution >= 0.6 is 0 Å². The van der Waals surface area contributed by atoms with Gasteiger partial charge in [0.2, 0.25) is 0 Å². The molecule has 18 heavy (non-hydrogen) atoms. The van der Waals surface area contributed by atoms with Gasteiger partial charge in [-0.1, -0.05) is 54.6 Å². The molecule has 0 N–H and O–H groups in total. The van der Waals surface area contributed by atoms with E-state index in [4.69, 9.17) is 4.74 Å². The Balaban J connectivity index is 2.48. The Hall–Kier alpha value is -2.42. The molecule has 2 aromatic rings. The molecule has 0 aliphatic heterocycles. The van der Waals surface area contributed by atoms with Crippen molar-refractivity contribution in [3.63, 3.8) is 0 Å². The zero-order valence-corrected chi connectivity index (χ0v) is 9.58. The number of carbonyl (C=O) groups is 1. The van der Waals surface area contributed by atoms with Crippen molar-refractivity contribution in [1.82, 2.24) is 0 Å². The Labute approximate surface area is 105 Å². The number of ether oxygens (including phenoxy) is 1. The maximum atomic E-state index is 11.0. The predicted octanol–water partition coefficient (Wildman–Crippen LogP) is 2.67. The predicted molar refractivity (Wildman–Crippen MR) is 66.9 cm³/mol. The Morgan fingerprint density at radius 3 is 2.33 bits per heavy atom. The van der Waals surface area contributed by atoms with Crippen LogP contribution in [-0.2, 0) is 9.53 Å². The summed E-state index contributed by atoms with van der Waals surface area (Å²) in [5.74, 6) is 0. The molecule has 0 aromatic heterocycles. The minimum absolute atomic E-state index is 0.501. The highest BCUT2D eigenvalue weighted by Gasteiger charge is 2.18. The van der Waals surface area contributed by atoms with Gasteiger partial charge in [-0.3, -0.25) is 4.79 Å². The molecule has 2 aromatic carbocycles. The summed E-state index contributed by atoms with van der Waals surface area (Å²) in [5.41, 5.74) is 1.96. The molecule has 0 heterocycles. The van der Waals surface area contributed by atoms with Crippen LogP contribution in [0.25, 0.3) is 0 Å². The monoisotopic (exact) mass is 239 g/mol. The molecular formula is C15H11O3. The molecule has 0 bridgehead atoms. The standard InChI is InChI=1S/C15H11O3/c16-10-13-8-4-5-9-14(13)15(18-11-17)12-6-2-1-3-7-12/h1-10,15H. The first-order valence-corrected chi connectivity index (χ1v) is 5.48. The number of hydrogen-bond acceptors (Lipinski definition) is 3. The molecule has 3 nitrogen and oxygen atoms in total. The smallest absolute Gasteiger partial charge is 0.418 e. The zero-order valence-electron chi connectivity index (χ0n) is 9.58. The number of aldehydes is 1. The lowest BCUT2D eigenvalue weighted by atomic mass is 9.97. The normalized spacial score (nSPS) is 11.6. The fourth-order valence-corrected chi connectivity index (χ4v) is 1.84. The van der Waals surface area contributed by atoms with Crippen LogP contribution in [-0.4, -0.2) is 12.8 Å². The van der Waals surface area contributed by atoms with Crippen molar-refractivity contribution >= 4 is 12.8 Å². The molecule has 2 rings (SSSR count). The van der Waals surface area contributed by atoms with Gasteiger partial charge in [-0.15, -0.1) is 0 Å². The number of hydrogen-bond donors (Lipinski definition) is 0. The summed E-state index contributed by atoms with van der Waals surface area (Å²) in [7, 11) is 0. The lowest BCUT2D eigenvalue weighted by Crippen LogP contribution is -2.07. The van der Waals surface area contributed by atoms with E-state index in [0.29, 0.717) is 11.1 Å². The quantitative estimate of drug-likeness (QED) is 0.753. The van der Waals surface area contributed by atoms with Gasteiger partial charge in [0.1, 0.15) is 6.29 Å².